The van der Waals surface area contributed by atoms with E-state index in [0.717, 1.165) is 11.4 Å². The van der Waals surface area contributed by atoms with Crippen molar-refractivity contribution in [3.05, 3.63) is 57.6 Å². The van der Waals surface area contributed by atoms with E-state index in [1.54, 1.807) is 0 Å². The second-order valence-electron chi connectivity index (χ2n) is 10.4. The molecule has 2 atom stereocenters. The van der Waals surface area contributed by atoms with Crippen molar-refractivity contribution in [2.45, 2.75) is 75.2 Å². The summed E-state index contributed by atoms with van der Waals surface area (Å²) in [6.07, 6.45) is 2.40. The van der Waals surface area contributed by atoms with E-state index in [2.05, 4.69) is 86.6 Å². The van der Waals surface area contributed by atoms with Gasteiger partial charge < -0.3 is 0 Å². The molecule has 30 heavy (non-hydrogen) atoms. The quantitative estimate of drug-likeness (QED) is 0.490. The molecule has 0 saturated heterocycles. The van der Waals surface area contributed by atoms with Crippen LogP contribution in [0.1, 0.15) is 67.0 Å². The Morgan fingerprint density at radius 1 is 0.700 bits per heavy atom. The lowest BCUT2D eigenvalue weighted by Crippen LogP contribution is -2.33. The first-order valence-corrected chi connectivity index (χ1v) is 11.3. The summed E-state index contributed by atoms with van der Waals surface area (Å²) < 4.78 is 0. The molecule has 2 fully saturated rings. The van der Waals surface area contributed by atoms with E-state index in [4.69, 9.17) is 9.98 Å². The predicted octanol–water partition coefficient (Wildman–Crippen LogP) is 7.84. The summed E-state index contributed by atoms with van der Waals surface area (Å²) in [4.78, 5) is 10.7. The molecule has 0 amide bonds. The molecule has 2 heteroatoms. The van der Waals surface area contributed by atoms with E-state index < -0.39 is 0 Å². The first-order chi connectivity index (χ1) is 14.0. The van der Waals surface area contributed by atoms with E-state index in [0.29, 0.717) is 5.92 Å². The van der Waals surface area contributed by atoms with Crippen LogP contribution in [-0.2, 0) is 0 Å². The van der Waals surface area contributed by atoms with E-state index in [1.807, 2.05) is 0 Å². The van der Waals surface area contributed by atoms with Gasteiger partial charge in [0.25, 0.3) is 0 Å². The molecule has 2 aromatic rings. The fourth-order valence-corrected chi connectivity index (χ4v) is 5.54. The lowest BCUT2D eigenvalue weighted by atomic mass is 9.70. The largest absolute Gasteiger partial charge is 0.251 e. The second kappa shape index (κ2) is 6.90. The van der Waals surface area contributed by atoms with Crippen molar-refractivity contribution in [3.8, 4) is 0 Å². The average molecular weight is 401 g/mol. The van der Waals surface area contributed by atoms with Crippen LogP contribution in [0.25, 0.3) is 0 Å². The molecule has 2 nitrogen and oxygen atoms in total. The first-order valence-electron chi connectivity index (χ1n) is 11.3. The fourth-order valence-electron chi connectivity index (χ4n) is 5.54. The molecule has 0 spiro atoms. The van der Waals surface area contributed by atoms with E-state index in [-0.39, 0.29) is 10.8 Å². The van der Waals surface area contributed by atoms with Gasteiger partial charge in [0.05, 0.1) is 22.8 Å². The van der Waals surface area contributed by atoms with Crippen LogP contribution in [0.3, 0.4) is 0 Å². The maximum atomic E-state index is 5.34. The maximum absolute atomic E-state index is 5.34. The van der Waals surface area contributed by atoms with Crippen LogP contribution < -0.4 is 0 Å². The maximum Gasteiger partial charge on any atom is 0.0693 e. The molecule has 2 aliphatic rings. The molecule has 2 aliphatic carbocycles. The molecule has 4 rings (SSSR count). The van der Waals surface area contributed by atoms with Crippen LogP contribution in [-0.4, -0.2) is 11.4 Å². The minimum Gasteiger partial charge on any atom is -0.251 e. The van der Waals surface area contributed by atoms with Crippen molar-refractivity contribution in [1.82, 2.24) is 0 Å². The highest BCUT2D eigenvalue weighted by atomic mass is 14.9. The van der Waals surface area contributed by atoms with Crippen molar-refractivity contribution in [3.63, 3.8) is 0 Å². The van der Waals surface area contributed by atoms with Crippen LogP contribution in [0.5, 0.6) is 0 Å². The average Bonchev–Trinajstić information content (AvgIpc) is 3.01. The molecule has 0 heterocycles. The van der Waals surface area contributed by atoms with Crippen molar-refractivity contribution >= 4 is 22.8 Å². The first kappa shape index (κ1) is 21.0. The van der Waals surface area contributed by atoms with Gasteiger partial charge in [0.2, 0.25) is 0 Å². The minimum atomic E-state index is 0.0649. The van der Waals surface area contributed by atoms with Gasteiger partial charge in [-0.15, -0.1) is 0 Å². The summed E-state index contributed by atoms with van der Waals surface area (Å²) in [5.74, 6) is 0.467. The summed E-state index contributed by atoms with van der Waals surface area (Å²) in [5, 5.41) is 0. The zero-order valence-corrected chi connectivity index (χ0v) is 20.2. The molecular weight excluding hydrogens is 364 g/mol. The second-order valence-corrected chi connectivity index (χ2v) is 10.4. The molecule has 158 valence electrons. The standard InChI is InChI=1S/C28H36N2/c1-16-10-12-23(20(5)18(16)3)29-25-22-14-15-28(9,27(22,7)8)26(25)30-24-13-11-17(2)19(4)21(24)6/h10-13,22H,14-15H2,1-9H3/t22-,28-/m0/s1. The number of rotatable bonds is 2. The van der Waals surface area contributed by atoms with Crippen molar-refractivity contribution < 1.29 is 0 Å². The van der Waals surface area contributed by atoms with Crippen LogP contribution in [0.15, 0.2) is 34.3 Å². The highest BCUT2D eigenvalue weighted by molar-refractivity contribution is 6.48. The molecule has 2 aromatic carbocycles. The summed E-state index contributed by atoms with van der Waals surface area (Å²) in [6, 6.07) is 8.77. The Kier molecular flexibility index (Phi) is 4.84. The van der Waals surface area contributed by atoms with Crippen molar-refractivity contribution in [2.75, 3.05) is 0 Å². The molecule has 2 saturated carbocycles. The van der Waals surface area contributed by atoms with Gasteiger partial charge >= 0.3 is 0 Å². The van der Waals surface area contributed by atoms with E-state index in [9.17, 15) is 0 Å². The highest BCUT2D eigenvalue weighted by Gasteiger charge is 2.63. The Balaban J connectivity index is 1.94. The summed E-state index contributed by atoms with van der Waals surface area (Å²) in [6.45, 7) is 20.4. The number of nitrogens with zero attached hydrogens (tertiary/aromatic N) is 2. The Hall–Kier alpha value is -2.22. The van der Waals surface area contributed by atoms with Gasteiger partial charge in [-0.1, -0.05) is 32.9 Å². The zero-order chi connectivity index (χ0) is 22.0. The van der Waals surface area contributed by atoms with Crippen molar-refractivity contribution in [1.29, 1.82) is 0 Å². The third kappa shape index (κ3) is 2.83. The van der Waals surface area contributed by atoms with E-state index >= 15 is 0 Å². The van der Waals surface area contributed by atoms with Gasteiger partial charge in [-0.2, -0.15) is 0 Å². The number of benzene rings is 2. The van der Waals surface area contributed by atoms with Gasteiger partial charge in [0.15, 0.2) is 0 Å². The Labute approximate surface area is 182 Å². The Morgan fingerprint density at radius 3 is 1.73 bits per heavy atom. The smallest absolute Gasteiger partial charge is 0.0693 e. The third-order valence-electron chi connectivity index (χ3n) is 8.85. The van der Waals surface area contributed by atoms with Gasteiger partial charge in [-0.05, 0) is 105 Å². The number of hydrogen-bond donors (Lipinski definition) is 0. The molecule has 0 unspecified atom stereocenters. The van der Waals surface area contributed by atoms with E-state index in [1.165, 1.54) is 57.6 Å². The van der Waals surface area contributed by atoms with Gasteiger partial charge in [-0.25, -0.2) is 0 Å². The number of hydrogen-bond acceptors (Lipinski definition) is 2. The Morgan fingerprint density at radius 2 is 1.20 bits per heavy atom. The molecule has 0 N–H and O–H groups in total. The number of aryl methyl sites for hydroxylation is 2. The topological polar surface area (TPSA) is 24.7 Å². The summed E-state index contributed by atoms with van der Waals surface area (Å²) in [7, 11) is 0. The van der Waals surface area contributed by atoms with Gasteiger partial charge in [0.1, 0.15) is 0 Å². The van der Waals surface area contributed by atoms with Crippen LogP contribution in [0, 0.1) is 58.3 Å². The molecule has 0 aromatic heterocycles. The predicted molar refractivity (Wildman–Crippen MR) is 130 cm³/mol. The lowest BCUT2D eigenvalue weighted by molar-refractivity contribution is 0.208. The molecular formula is C28H36N2. The van der Waals surface area contributed by atoms with Gasteiger partial charge in [-0.3, -0.25) is 9.98 Å². The van der Waals surface area contributed by atoms with Crippen LogP contribution >= 0.6 is 0 Å². The SMILES string of the molecule is Cc1ccc(N=C2C(=Nc3ccc(C)c(C)c3C)[C@]3(C)CC[C@@H]2C3(C)C)c(C)c1C. The number of aliphatic imine (C=N–C) groups is 2. The van der Waals surface area contributed by atoms with Crippen molar-refractivity contribution in [2.24, 2.45) is 26.7 Å². The van der Waals surface area contributed by atoms with Gasteiger partial charge in [0, 0.05) is 11.3 Å². The van der Waals surface area contributed by atoms with Crippen LogP contribution in [0.4, 0.5) is 11.4 Å². The zero-order valence-electron chi connectivity index (χ0n) is 20.2. The lowest BCUT2D eigenvalue weighted by Gasteiger charge is -2.33. The monoisotopic (exact) mass is 400 g/mol. The van der Waals surface area contributed by atoms with Crippen LogP contribution in [0.2, 0.25) is 0 Å². The minimum absolute atomic E-state index is 0.0649. The molecule has 0 radical (unpaired) electrons. The Bertz CT molecular complexity index is 1100. The molecule has 2 bridgehead atoms. The molecule has 0 aliphatic heterocycles. The number of fused-ring (bicyclic) bond motifs is 2. The summed E-state index contributed by atoms with van der Waals surface area (Å²) in [5.41, 5.74) is 12.8. The fraction of sp³-hybridized carbons (Fsp3) is 0.500. The normalized spacial score (nSPS) is 27.4. The third-order valence-corrected chi connectivity index (χ3v) is 8.85. The highest BCUT2D eigenvalue weighted by Crippen LogP contribution is 2.63. The summed E-state index contributed by atoms with van der Waals surface area (Å²) >= 11 is 0.